The van der Waals surface area contributed by atoms with Crippen LogP contribution in [-0.4, -0.2) is 29.6 Å². The average molecular weight is 353 g/mol. The van der Waals surface area contributed by atoms with Crippen LogP contribution in [0.1, 0.15) is 50.4 Å². The molecule has 0 bridgehead atoms. The van der Waals surface area contributed by atoms with Crippen LogP contribution >= 0.6 is 0 Å². The molecule has 1 aromatic heterocycles. The molecule has 26 heavy (non-hydrogen) atoms. The van der Waals surface area contributed by atoms with Crippen molar-refractivity contribution in [3.05, 3.63) is 47.8 Å². The van der Waals surface area contributed by atoms with Crippen molar-refractivity contribution in [2.75, 3.05) is 29.9 Å². The number of rotatable bonds is 8. The van der Waals surface area contributed by atoms with Crippen LogP contribution in [-0.2, 0) is 6.42 Å². The fourth-order valence-corrected chi connectivity index (χ4v) is 3.71. The third-order valence-electron chi connectivity index (χ3n) is 5.22. The van der Waals surface area contributed by atoms with E-state index in [9.17, 15) is 0 Å². The van der Waals surface area contributed by atoms with Crippen molar-refractivity contribution in [1.82, 2.24) is 9.97 Å². The molecular formula is C22H32N4. The van der Waals surface area contributed by atoms with E-state index in [0.717, 1.165) is 43.0 Å². The molecule has 1 N–H and O–H groups in total. The van der Waals surface area contributed by atoms with Crippen LogP contribution in [0.2, 0.25) is 0 Å². The molecule has 0 radical (unpaired) electrons. The Kier molecular flexibility index (Phi) is 6.87. The van der Waals surface area contributed by atoms with Crippen molar-refractivity contribution in [2.45, 2.75) is 52.4 Å². The number of aromatic nitrogens is 2. The van der Waals surface area contributed by atoms with Crippen molar-refractivity contribution in [2.24, 2.45) is 5.92 Å². The van der Waals surface area contributed by atoms with Crippen molar-refractivity contribution < 1.29 is 0 Å². The summed E-state index contributed by atoms with van der Waals surface area (Å²) in [6.07, 6.45) is 7.36. The smallest absolute Gasteiger partial charge is 0.134 e. The number of unbranched alkanes of at least 4 members (excludes halogenated alkanes) is 2. The van der Waals surface area contributed by atoms with Crippen molar-refractivity contribution >= 4 is 11.6 Å². The van der Waals surface area contributed by atoms with E-state index in [-0.39, 0.29) is 0 Å². The number of piperidine rings is 1. The topological polar surface area (TPSA) is 41.0 Å². The first-order valence-electron chi connectivity index (χ1n) is 10.1. The van der Waals surface area contributed by atoms with E-state index in [4.69, 9.17) is 0 Å². The molecule has 0 aliphatic carbocycles. The maximum atomic E-state index is 4.69. The maximum Gasteiger partial charge on any atom is 0.134 e. The van der Waals surface area contributed by atoms with E-state index in [1.54, 1.807) is 0 Å². The van der Waals surface area contributed by atoms with Crippen LogP contribution < -0.4 is 10.2 Å². The van der Waals surface area contributed by atoms with Crippen molar-refractivity contribution in [3.8, 4) is 0 Å². The fourth-order valence-electron chi connectivity index (χ4n) is 3.71. The van der Waals surface area contributed by atoms with Gasteiger partial charge in [-0.25, -0.2) is 9.97 Å². The van der Waals surface area contributed by atoms with Gasteiger partial charge in [-0.15, -0.1) is 0 Å². The highest BCUT2D eigenvalue weighted by atomic mass is 15.2. The average Bonchev–Trinajstić information content (AvgIpc) is 2.66. The number of aryl methyl sites for hydroxylation is 1. The van der Waals surface area contributed by atoms with Crippen LogP contribution in [0.5, 0.6) is 0 Å². The number of benzene rings is 1. The van der Waals surface area contributed by atoms with Gasteiger partial charge in [0.15, 0.2) is 0 Å². The lowest BCUT2D eigenvalue weighted by atomic mass is 9.90. The van der Waals surface area contributed by atoms with Gasteiger partial charge >= 0.3 is 0 Å². The van der Waals surface area contributed by atoms with Crippen LogP contribution in [0.4, 0.5) is 11.6 Å². The van der Waals surface area contributed by atoms with E-state index >= 15 is 0 Å². The second kappa shape index (κ2) is 9.56. The molecule has 0 saturated carbocycles. The van der Waals surface area contributed by atoms with E-state index < -0.39 is 0 Å². The molecule has 3 rings (SSSR count). The molecule has 1 aliphatic rings. The van der Waals surface area contributed by atoms with Gasteiger partial charge in [0.05, 0.1) is 0 Å². The van der Waals surface area contributed by atoms with Crippen LogP contribution in [0.3, 0.4) is 0 Å². The zero-order valence-corrected chi connectivity index (χ0v) is 16.2. The monoisotopic (exact) mass is 352 g/mol. The fraction of sp³-hybridized carbons (Fsp3) is 0.545. The molecule has 1 saturated heterocycles. The number of nitrogens with one attached hydrogen (secondary N) is 1. The van der Waals surface area contributed by atoms with Crippen LogP contribution in [0.15, 0.2) is 36.4 Å². The minimum atomic E-state index is 0.781. The molecule has 0 spiro atoms. The summed E-state index contributed by atoms with van der Waals surface area (Å²) >= 11 is 0. The third-order valence-corrected chi connectivity index (χ3v) is 5.22. The zero-order valence-electron chi connectivity index (χ0n) is 16.2. The van der Waals surface area contributed by atoms with Crippen LogP contribution in [0, 0.1) is 12.8 Å². The van der Waals surface area contributed by atoms with Gasteiger partial charge in [-0.1, -0.05) is 50.1 Å². The molecule has 4 heteroatoms. The minimum absolute atomic E-state index is 0.781. The van der Waals surface area contributed by atoms with Gasteiger partial charge in [-0.2, -0.15) is 0 Å². The molecule has 4 nitrogen and oxygen atoms in total. The second-order valence-corrected chi connectivity index (χ2v) is 7.41. The van der Waals surface area contributed by atoms with E-state index in [1.807, 2.05) is 6.92 Å². The third kappa shape index (κ3) is 5.45. The van der Waals surface area contributed by atoms with Gasteiger partial charge in [0.2, 0.25) is 0 Å². The number of hydrogen-bond donors (Lipinski definition) is 1. The van der Waals surface area contributed by atoms with E-state index in [0.29, 0.717) is 0 Å². The van der Waals surface area contributed by atoms with Crippen molar-refractivity contribution in [1.29, 1.82) is 0 Å². The van der Waals surface area contributed by atoms with Crippen molar-refractivity contribution in [3.63, 3.8) is 0 Å². The Hall–Kier alpha value is -2.10. The van der Waals surface area contributed by atoms with Gasteiger partial charge in [0, 0.05) is 25.7 Å². The molecule has 1 aromatic carbocycles. The first kappa shape index (κ1) is 18.7. The number of nitrogens with zero attached hydrogens (tertiary/aromatic N) is 3. The molecule has 1 aliphatic heterocycles. The highest BCUT2D eigenvalue weighted by Gasteiger charge is 2.21. The second-order valence-electron chi connectivity index (χ2n) is 7.41. The summed E-state index contributed by atoms with van der Waals surface area (Å²) < 4.78 is 0. The predicted octanol–water partition coefficient (Wildman–Crippen LogP) is 4.85. The van der Waals surface area contributed by atoms with Gasteiger partial charge < -0.3 is 10.2 Å². The zero-order chi connectivity index (χ0) is 18.2. The van der Waals surface area contributed by atoms with Crippen LogP contribution in [0.25, 0.3) is 0 Å². The normalized spacial score (nSPS) is 15.2. The highest BCUT2D eigenvalue weighted by molar-refractivity contribution is 5.49. The first-order valence-corrected chi connectivity index (χ1v) is 10.1. The predicted molar refractivity (Wildman–Crippen MR) is 110 cm³/mol. The summed E-state index contributed by atoms with van der Waals surface area (Å²) in [5.74, 6) is 3.68. The molecule has 2 heterocycles. The molecule has 0 amide bonds. The Morgan fingerprint density at radius 2 is 1.85 bits per heavy atom. The SMILES string of the molecule is CCCCCNc1cc(N2CCC(Cc3ccccc3)CC2)nc(C)n1. The number of anilines is 2. The lowest BCUT2D eigenvalue weighted by Gasteiger charge is -2.33. The summed E-state index contributed by atoms with van der Waals surface area (Å²) in [6.45, 7) is 7.38. The summed E-state index contributed by atoms with van der Waals surface area (Å²) in [7, 11) is 0. The Bertz CT molecular complexity index is 663. The summed E-state index contributed by atoms with van der Waals surface area (Å²) in [6, 6.07) is 13.0. The highest BCUT2D eigenvalue weighted by Crippen LogP contribution is 2.26. The standard InChI is InChI=1S/C22H32N4/c1-3-4-8-13-23-21-17-22(25-18(2)24-21)26-14-11-20(12-15-26)16-19-9-6-5-7-10-19/h5-7,9-10,17,20H,3-4,8,11-16H2,1-2H3,(H,23,24,25). The Labute approximate surface area is 158 Å². The van der Waals surface area contributed by atoms with E-state index in [1.165, 1.54) is 44.1 Å². The molecular weight excluding hydrogens is 320 g/mol. The van der Waals surface area contributed by atoms with Gasteiger partial charge in [-0.05, 0) is 44.1 Å². The maximum absolute atomic E-state index is 4.69. The Morgan fingerprint density at radius 1 is 1.08 bits per heavy atom. The molecule has 140 valence electrons. The van der Waals surface area contributed by atoms with Gasteiger partial charge in [-0.3, -0.25) is 0 Å². The summed E-state index contributed by atoms with van der Waals surface area (Å²) in [5, 5.41) is 3.46. The molecule has 0 unspecified atom stereocenters. The Morgan fingerprint density at radius 3 is 2.58 bits per heavy atom. The minimum Gasteiger partial charge on any atom is -0.370 e. The first-order chi connectivity index (χ1) is 12.7. The Balaban J connectivity index is 1.54. The summed E-state index contributed by atoms with van der Waals surface area (Å²) in [5.41, 5.74) is 1.46. The molecule has 1 fully saturated rings. The lowest BCUT2D eigenvalue weighted by Crippen LogP contribution is -2.35. The molecule has 2 aromatic rings. The number of hydrogen-bond acceptors (Lipinski definition) is 4. The van der Waals surface area contributed by atoms with E-state index in [2.05, 4.69) is 63.5 Å². The lowest BCUT2D eigenvalue weighted by molar-refractivity contribution is 0.402. The largest absolute Gasteiger partial charge is 0.370 e. The van der Waals surface area contributed by atoms with Gasteiger partial charge in [0.1, 0.15) is 17.5 Å². The summed E-state index contributed by atoms with van der Waals surface area (Å²) in [4.78, 5) is 11.7. The molecule has 0 atom stereocenters. The van der Waals surface area contributed by atoms with Gasteiger partial charge in [0.25, 0.3) is 0 Å². The quantitative estimate of drug-likeness (QED) is 0.690.